The van der Waals surface area contributed by atoms with Gasteiger partial charge in [0.25, 0.3) is 0 Å². The lowest BCUT2D eigenvalue weighted by atomic mass is 10.2. The van der Waals surface area contributed by atoms with E-state index >= 15 is 0 Å². The molecular formula is C14H17N3OS. The van der Waals surface area contributed by atoms with Gasteiger partial charge in [-0.2, -0.15) is 0 Å². The molecule has 0 aliphatic rings. The van der Waals surface area contributed by atoms with E-state index in [9.17, 15) is 4.79 Å². The lowest BCUT2D eigenvalue weighted by Gasteiger charge is -2.22. The second-order valence-electron chi connectivity index (χ2n) is 4.17. The van der Waals surface area contributed by atoms with Gasteiger partial charge in [-0.05, 0) is 12.0 Å². The Hall–Kier alpha value is -1.88. The average Bonchev–Trinajstić information content (AvgIpc) is 2.92. The molecular weight excluding hydrogens is 258 g/mol. The number of carbonyl (C=O) groups is 1. The smallest absolute Gasteiger partial charge is 0.320 e. The Balaban J connectivity index is 2.00. The molecule has 19 heavy (non-hydrogen) atoms. The maximum atomic E-state index is 12.2. The number of benzene rings is 1. The normalized spacial score (nSPS) is 10.2. The standard InChI is InChI=1S/C14H17N3OS/c1-2-9-17(11-12-6-4-3-5-7-12)14(18)16-13-15-8-10-19-13/h3-8,10H,2,9,11H2,1H3,(H,15,16,18). The summed E-state index contributed by atoms with van der Waals surface area (Å²) < 4.78 is 0. The predicted molar refractivity (Wildman–Crippen MR) is 78.3 cm³/mol. The number of urea groups is 1. The van der Waals surface area contributed by atoms with Crippen LogP contribution in [0.3, 0.4) is 0 Å². The molecule has 0 aliphatic heterocycles. The van der Waals surface area contributed by atoms with Crippen LogP contribution in [0.4, 0.5) is 9.93 Å². The molecule has 0 bridgehead atoms. The van der Waals surface area contributed by atoms with Crippen LogP contribution in [0.1, 0.15) is 18.9 Å². The highest BCUT2D eigenvalue weighted by atomic mass is 32.1. The molecule has 0 atom stereocenters. The van der Waals surface area contributed by atoms with E-state index in [0.29, 0.717) is 11.7 Å². The minimum atomic E-state index is -0.0966. The van der Waals surface area contributed by atoms with E-state index in [-0.39, 0.29) is 6.03 Å². The van der Waals surface area contributed by atoms with E-state index in [1.54, 1.807) is 11.1 Å². The molecule has 2 aromatic rings. The Morgan fingerprint density at radius 2 is 2.16 bits per heavy atom. The molecule has 2 amide bonds. The zero-order valence-electron chi connectivity index (χ0n) is 10.9. The summed E-state index contributed by atoms with van der Waals surface area (Å²) in [5.41, 5.74) is 1.13. The van der Waals surface area contributed by atoms with E-state index in [4.69, 9.17) is 0 Å². The van der Waals surface area contributed by atoms with Crippen LogP contribution in [0.5, 0.6) is 0 Å². The van der Waals surface area contributed by atoms with Gasteiger partial charge >= 0.3 is 6.03 Å². The van der Waals surface area contributed by atoms with Gasteiger partial charge in [0, 0.05) is 24.7 Å². The molecule has 100 valence electrons. The van der Waals surface area contributed by atoms with E-state index in [2.05, 4.69) is 17.2 Å². The number of nitrogens with zero attached hydrogens (tertiary/aromatic N) is 2. The fourth-order valence-electron chi connectivity index (χ4n) is 1.78. The topological polar surface area (TPSA) is 45.2 Å². The summed E-state index contributed by atoms with van der Waals surface area (Å²) in [6.45, 7) is 3.41. The summed E-state index contributed by atoms with van der Waals surface area (Å²) in [5, 5.41) is 5.30. The van der Waals surface area contributed by atoms with Crippen LogP contribution >= 0.6 is 11.3 Å². The van der Waals surface area contributed by atoms with Crippen molar-refractivity contribution in [1.29, 1.82) is 0 Å². The minimum Gasteiger partial charge on any atom is -0.320 e. The first-order valence-corrected chi connectivity index (χ1v) is 7.17. The lowest BCUT2D eigenvalue weighted by molar-refractivity contribution is 0.209. The maximum absolute atomic E-state index is 12.2. The first-order chi connectivity index (χ1) is 9.29. The van der Waals surface area contributed by atoms with Gasteiger partial charge in [0.2, 0.25) is 0 Å². The quantitative estimate of drug-likeness (QED) is 0.906. The molecule has 1 aromatic heterocycles. The Bertz CT molecular complexity index is 499. The Morgan fingerprint density at radius 1 is 1.37 bits per heavy atom. The first kappa shape index (κ1) is 13.5. The van der Waals surface area contributed by atoms with Crippen LogP contribution in [-0.2, 0) is 6.54 Å². The van der Waals surface area contributed by atoms with Crippen molar-refractivity contribution in [1.82, 2.24) is 9.88 Å². The zero-order chi connectivity index (χ0) is 13.5. The van der Waals surface area contributed by atoms with Crippen molar-refractivity contribution in [3.63, 3.8) is 0 Å². The highest BCUT2D eigenvalue weighted by molar-refractivity contribution is 7.13. The third-order valence-electron chi connectivity index (χ3n) is 2.64. The van der Waals surface area contributed by atoms with Crippen molar-refractivity contribution in [2.24, 2.45) is 0 Å². The van der Waals surface area contributed by atoms with Crippen LogP contribution in [0.2, 0.25) is 0 Å². The van der Waals surface area contributed by atoms with Crippen molar-refractivity contribution in [2.45, 2.75) is 19.9 Å². The number of thiazole rings is 1. The largest absolute Gasteiger partial charge is 0.323 e. The van der Waals surface area contributed by atoms with Gasteiger partial charge in [-0.15, -0.1) is 11.3 Å². The second-order valence-corrected chi connectivity index (χ2v) is 5.07. The number of aromatic nitrogens is 1. The molecule has 0 unspecified atom stereocenters. The summed E-state index contributed by atoms with van der Waals surface area (Å²) >= 11 is 1.42. The van der Waals surface area contributed by atoms with Crippen molar-refractivity contribution in [3.05, 3.63) is 47.5 Å². The molecule has 1 heterocycles. The molecule has 1 aromatic carbocycles. The highest BCUT2D eigenvalue weighted by Gasteiger charge is 2.13. The van der Waals surface area contributed by atoms with Gasteiger partial charge in [-0.1, -0.05) is 37.3 Å². The van der Waals surface area contributed by atoms with Crippen LogP contribution in [0.15, 0.2) is 41.9 Å². The van der Waals surface area contributed by atoms with Crippen molar-refractivity contribution in [3.8, 4) is 0 Å². The van der Waals surface area contributed by atoms with Gasteiger partial charge < -0.3 is 4.90 Å². The third-order valence-corrected chi connectivity index (χ3v) is 3.33. The molecule has 0 fully saturated rings. The minimum absolute atomic E-state index is 0.0966. The van der Waals surface area contributed by atoms with Crippen LogP contribution < -0.4 is 5.32 Å². The maximum Gasteiger partial charge on any atom is 0.323 e. The van der Waals surface area contributed by atoms with Gasteiger partial charge in [-0.3, -0.25) is 5.32 Å². The molecule has 0 saturated heterocycles. The fourth-order valence-corrected chi connectivity index (χ4v) is 2.30. The summed E-state index contributed by atoms with van der Waals surface area (Å²) in [4.78, 5) is 18.1. The number of amides is 2. The zero-order valence-corrected chi connectivity index (χ0v) is 11.7. The molecule has 1 N–H and O–H groups in total. The Labute approximate surface area is 117 Å². The number of rotatable bonds is 5. The fraction of sp³-hybridized carbons (Fsp3) is 0.286. The van der Waals surface area contributed by atoms with Crippen molar-refractivity contribution >= 4 is 22.5 Å². The Morgan fingerprint density at radius 3 is 2.79 bits per heavy atom. The predicted octanol–water partition coefficient (Wildman–Crippen LogP) is 3.59. The molecule has 0 radical (unpaired) electrons. The van der Waals surface area contributed by atoms with Gasteiger partial charge in [0.15, 0.2) is 5.13 Å². The van der Waals surface area contributed by atoms with E-state index in [0.717, 1.165) is 18.5 Å². The first-order valence-electron chi connectivity index (χ1n) is 6.29. The van der Waals surface area contributed by atoms with Crippen LogP contribution in [0.25, 0.3) is 0 Å². The van der Waals surface area contributed by atoms with Crippen molar-refractivity contribution < 1.29 is 4.79 Å². The Kier molecular flexibility index (Phi) is 4.92. The summed E-state index contributed by atoms with van der Waals surface area (Å²) in [5.74, 6) is 0. The molecule has 0 saturated carbocycles. The molecule has 5 heteroatoms. The number of hydrogen-bond acceptors (Lipinski definition) is 3. The SMILES string of the molecule is CCCN(Cc1ccccc1)C(=O)Nc1nccs1. The molecule has 0 aliphatic carbocycles. The lowest BCUT2D eigenvalue weighted by Crippen LogP contribution is -2.35. The highest BCUT2D eigenvalue weighted by Crippen LogP contribution is 2.13. The van der Waals surface area contributed by atoms with Crippen LogP contribution in [-0.4, -0.2) is 22.5 Å². The second kappa shape index (κ2) is 6.89. The van der Waals surface area contributed by atoms with Crippen LogP contribution in [0, 0.1) is 0 Å². The monoisotopic (exact) mass is 275 g/mol. The number of anilines is 1. The molecule has 2 rings (SSSR count). The van der Waals surface area contributed by atoms with E-state index < -0.39 is 0 Å². The molecule has 0 spiro atoms. The summed E-state index contributed by atoms with van der Waals surface area (Å²) in [6.07, 6.45) is 2.61. The van der Waals surface area contributed by atoms with Gasteiger partial charge in [-0.25, -0.2) is 9.78 Å². The molecule has 4 nitrogen and oxygen atoms in total. The summed E-state index contributed by atoms with van der Waals surface area (Å²) in [6, 6.07) is 9.90. The van der Waals surface area contributed by atoms with Crippen molar-refractivity contribution in [2.75, 3.05) is 11.9 Å². The number of nitrogens with one attached hydrogen (secondary N) is 1. The van der Waals surface area contributed by atoms with E-state index in [1.165, 1.54) is 11.3 Å². The van der Waals surface area contributed by atoms with Gasteiger partial charge in [0.05, 0.1) is 0 Å². The number of carbonyl (C=O) groups excluding carboxylic acids is 1. The average molecular weight is 275 g/mol. The van der Waals surface area contributed by atoms with E-state index in [1.807, 2.05) is 35.7 Å². The third kappa shape index (κ3) is 4.06. The van der Waals surface area contributed by atoms with Gasteiger partial charge in [0.1, 0.15) is 0 Å². The summed E-state index contributed by atoms with van der Waals surface area (Å²) in [7, 11) is 0. The number of hydrogen-bond donors (Lipinski definition) is 1.